The van der Waals surface area contributed by atoms with Gasteiger partial charge in [-0.2, -0.15) is 0 Å². The molecule has 1 aromatic heterocycles. The molecule has 0 unspecified atom stereocenters. The van der Waals surface area contributed by atoms with E-state index in [1.54, 1.807) is 36.4 Å². The Morgan fingerprint density at radius 1 is 1.11 bits per heavy atom. The molecule has 0 atom stereocenters. The summed E-state index contributed by atoms with van der Waals surface area (Å²) < 4.78 is 13.0. The van der Waals surface area contributed by atoms with Crippen molar-refractivity contribution in [3.05, 3.63) is 70.4 Å². The third kappa shape index (κ3) is 5.35. The van der Waals surface area contributed by atoms with Crippen LogP contribution in [0.1, 0.15) is 5.69 Å². The monoisotopic (exact) mass is 403 g/mol. The second-order valence-corrected chi connectivity index (χ2v) is 6.92. The van der Waals surface area contributed by atoms with Crippen molar-refractivity contribution in [1.29, 1.82) is 0 Å². The maximum absolute atomic E-state index is 13.0. The highest BCUT2D eigenvalue weighted by Gasteiger charge is 2.13. The summed E-state index contributed by atoms with van der Waals surface area (Å²) in [5.41, 5.74) is 2.07. The summed E-state index contributed by atoms with van der Waals surface area (Å²) >= 11 is 7.28. The average Bonchev–Trinajstić information content (AvgIpc) is 3.11. The Balaban J connectivity index is 1.48. The molecule has 0 saturated carbocycles. The number of thiazole rings is 1. The van der Waals surface area contributed by atoms with Crippen molar-refractivity contribution in [3.8, 4) is 10.6 Å². The van der Waals surface area contributed by atoms with Crippen LogP contribution in [0.4, 0.5) is 10.1 Å². The average molecular weight is 404 g/mol. The largest absolute Gasteiger partial charge is 0.347 e. The van der Waals surface area contributed by atoms with E-state index in [0.717, 1.165) is 16.3 Å². The van der Waals surface area contributed by atoms with Crippen LogP contribution in [0.3, 0.4) is 0 Å². The van der Waals surface area contributed by atoms with Crippen molar-refractivity contribution in [1.82, 2.24) is 10.3 Å². The Morgan fingerprint density at radius 2 is 1.89 bits per heavy atom. The number of hydrogen-bond acceptors (Lipinski definition) is 4. The zero-order valence-corrected chi connectivity index (χ0v) is 15.6. The van der Waals surface area contributed by atoms with Crippen molar-refractivity contribution in [3.63, 3.8) is 0 Å². The van der Waals surface area contributed by atoms with Crippen LogP contribution in [0.5, 0.6) is 0 Å². The normalized spacial score (nSPS) is 10.4. The first kappa shape index (κ1) is 19.0. The minimum atomic E-state index is -0.762. The number of aromatic nitrogens is 1. The molecule has 2 aromatic carbocycles. The number of carbonyl (C=O) groups is 2. The molecule has 0 bridgehead atoms. The van der Waals surface area contributed by atoms with Gasteiger partial charge in [-0.15, -0.1) is 11.3 Å². The molecule has 0 aliphatic rings. The Labute approximate surface area is 164 Å². The van der Waals surface area contributed by atoms with E-state index in [0.29, 0.717) is 17.1 Å². The van der Waals surface area contributed by atoms with Crippen LogP contribution in [0.15, 0.2) is 53.9 Å². The van der Waals surface area contributed by atoms with E-state index in [-0.39, 0.29) is 12.4 Å². The standard InChI is InChI=1S/C19H15ClFN3O2S/c20-13-2-1-3-15(10-13)23-18(26)17(25)22-9-8-16-11-27-19(24-16)12-4-6-14(21)7-5-12/h1-7,10-11H,8-9H2,(H,22,25)(H,23,26). The van der Waals surface area contributed by atoms with Crippen LogP contribution in [0.25, 0.3) is 10.6 Å². The van der Waals surface area contributed by atoms with E-state index in [1.165, 1.54) is 23.5 Å². The molecule has 138 valence electrons. The van der Waals surface area contributed by atoms with Gasteiger partial charge in [0.05, 0.1) is 5.69 Å². The minimum absolute atomic E-state index is 0.272. The maximum atomic E-state index is 13.0. The van der Waals surface area contributed by atoms with Gasteiger partial charge in [0, 0.05) is 34.6 Å². The second kappa shape index (κ2) is 8.75. The summed E-state index contributed by atoms with van der Waals surface area (Å²) in [5.74, 6) is -1.79. The molecule has 2 amide bonds. The fourth-order valence-electron chi connectivity index (χ4n) is 2.29. The van der Waals surface area contributed by atoms with Gasteiger partial charge >= 0.3 is 11.8 Å². The fourth-order valence-corrected chi connectivity index (χ4v) is 3.34. The van der Waals surface area contributed by atoms with Gasteiger partial charge in [-0.25, -0.2) is 9.37 Å². The van der Waals surface area contributed by atoms with Gasteiger partial charge in [-0.1, -0.05) is 17.7 Å². The summed E-state index contributed by atoms with van der Waals surface area (Å²) in [4.78, 5) is 28.2. The Morgan fingerprint density at radius 3 is 2.63 bits per heavy atom. The van der Waals surface area contributed by atoms with E-state index in [4.69, 9.17) is 11.6 Å². The number of benzene rings is 2. The van der Waals surface area contributed by atoms with Crippen LogP contribution in [0, 0.1) is 5.82 Å². The number of nitrogens with one attached hydrogen (secondary N) is 2. The number of halogens is 2. The van der Waals surface area contributed by atoms with Crippen LogP contribution in [-0.4, -0.2) is 23.3 Å². The van der Waals surface area contributed by atoms with Crippen molar-refractivity contribution in [2.75, 3.05) is 11.9 Å². The molecule has 1 heterocycles. The highest BCUT2D eigenvalue weighted by atomic mass is 35.5. The van der Waals surface area contributed by atoms with Crippen molar-refractivity contribution >= 4 is 40.4 Å². The van der Waals surface area contributed by atoms with Crippen LogP contribution in [-0.2, 0) is 16.0 Å². The number of rotatable bonds is 5. The van der Waals surface area contributed by atoms with Crippen LogP contribution in [0.2, 0.25) is 5.02 Å². The lowest BCUT2D eigenvalue weighted by atomic mass is 10.2. The lowest BCUT2D eigenvalue weighted by molar-refractivity contribution is -0.136. The van der Waals surface area contributed by atoms with Gasteiger partial charge in [0.15, 0.2) is 0 Å². The number of hydrogen-bond donors (Lipinski definition) is 2. The molecule has 0 spiro atoms. The molecule has 8 heteroatoms. The quantitative estimate of drug-likeness (QED) is 0.635. The van der Waals surface area contributed by atoms with Crippen molar-refractivity contribution < 1.29 is 14.0 Å². The Hall–Kier alpha value is -2.77. The third-order valence-corrected chi connectivity index (χ3v) is 4.77. The summed E-state index contributed by atoms with van der Waals surface area (Å²) in [5, 5.41) is 8.15. The predicted octanol–water partition coefficient (Wildman–Crippen LogP) is 3.90. The summed E-state index contributed by atoms with van der Waals surface area (Å²) in [7, 11) is 0. The van der Waals surface area contributed by atoms with Gasteiger partial charge in [0.1, 0.15) is 10.8 Å². The highest BCUT2D eigenvalue weighted by Crippen LogP contribution is 2.24. The molecule has 0 saturated heterocycles. The van der Waals surface area contributed by atoms with Crippen LogP contribution >= 0.6 is 22.9 Å². The Kier molecular flexibility index (Phi) is 6.16. The van der Waals surface area contributed by atoms with Crippen molar-refractivity contribution in [2.45, 2.75) is 6.42 Å². The highest BCUT2D eigenvalue weighted by molar-refractivity contribution is 7.13. The van der Waals surface area contributed by atoms with E-state index in [1.807, 2.05) is 5.38 Å². The molecular formula is C19H15ClFN3O2S. The SMILES string of the molecule is O=C(NCCc1csc(-c2ccc(F)cc2)n1)C(=O)Nc1cccc(Cl)c1. The molecule has 27 heavy (non-hydrogen) atoms. The molecule has 2 N–H and O–H groups in total. The van der Waals surface area contributed by atoms with E-state index in [2.05, 4.69) is 15.6 Å². The number of carbonyl (C=O) groups excluding carboxylic acids is 2. The molecule has 0 aliphatic carbocycles. The lowest BCUT2D eigenvalue weighted by Gasteiger charge is -2.06. The maximum Gasteiger partial charge on any atom is 0.313 e. The number of amides is 2. The predicted molar refractivity (Wildman–Crippen MR) is 104 cm³/mol. The van der Waals surface area contributed by atoms with E-state index in [9.17, 15) is 14.0 Å². The first-order valence-corrected chi connectivity index (χ1v) is 9.32. The van der Waals surface area contributed by atoms with Gasteiger partial charge in [-0.05, 0) is 42.5 Å². The molecule has 0 fully saturated rings. The van der Waals surface area contributed by atoms with Gasteiger partial charge in [0.25, 0.3) is 0 Å². The van der Waals surface area contributed by atoms with Crippen molar-refractivity contribution in [2.24, 2.45) is 0 Å². The van der Waals surface area contributed by atoms with E-state index >= 15 is 0 Å². The lowest BCUT2D eigenvalue weighted by Crippen LogP contribution is -2.36. The number of anilines is 1. The number of nitrogens with zero attached hydrogens (tertiary/aromatic N) is 1. The second-order valence-electron chi connectivity index (χ2n) is 5.62. The fraction of sp³-hybridized carbons (Fsp3) is 0.105. The smallest absolute Gasteiger partial charge is 0.313 e. The zero-order chi connectivity index (χ0) is 19.2. The molecule has 3 aromatic rings. The van der Waals surface area contributed by atoms with Gasteiger partial charge in [-0.3, -0.25) is 9.59 Å². The Bertz CT molecular complexity index is 960. The molecule has 5 nitrogen and oxygen atoms in total. The molecule has 3 rings (SSSR count). The molecule has 0 radical (unpaired) electrons. The summed E-state index contributed by atoms with van der Waals surface area (Å²) in [6.45, 7) is 0.272. The zero-order valence-electron chi connectivity index (χ0n) is 14.0. The molecule has 0 aliphatic heterocycles. The van der Waals surface area contributed by atoms with Gasteiger partial charge < -0.3 is 10.6 Å². The molecular weight excluding hydrogens is 389 g/mol. The summed E-state index contributed by atoms with van der Waals surface area (Å²) in [6.07, 6.45) is 0.480. The van der Waals surface area contributed by atoms with E-state index < -0.39 is 11.8 Å². The first-order chi connectivity index (χ1) is 13.0. The third-order valence-electron chi connectivity index (χ3n) is 3.60. The minimum Gasteiger partial charge on any atom is -0.347 e. The van der Waals surface area contributed by atoms with Gasteiger partial charge in [0.2, 0.25) is 0 Å². The van der Waals surface area contributed by atoms with Crippen LogP contribution < -0.4 is 10.6 Å². The topological polar surface area (TPSA) is 71.1 Å². The first-order valence-electron chi connectivity index (χ1n) is 8.06. The summed E-state index contributed by atoms with van der Waals surface area (Å²) in [6, 6.07) is 12.6.